The lowest BCUT2D eigenvalue weighted by atomic mass is 10.0. The highest BCUT2D eigenvalue weighted by Crippen LogP contribution is 2.22. The molecular weight excluding hydrogens is 254 g/mol. The van der Waals surface area contributed by atoms with Crippen molar-refractivity contribution in [3.63, 3.8) is 0 Å². The van der Waals surface area contributed by atoms with Crippen LogP contribution in [-0.2, 0) is 4.79 Å². The molecule has 20 heavy (non-hydrogen) atoms. The molecule has 4 nitrogen and oxygen atoms in total. The quantitative estimate of drug-likeness (QED) is 0.847. The molecule has 2 aromatic rings. The number of rotatable bonds is 5. The van der Waals surface area contributed by atoms with Crippen LogP contribution >= 0.6 is 0 Å². The molecule has 1 aromatic carbocycles. The van der Waals surface area contributed by atoms with E-state index in [9.17, 15) is 9.90 Å². The van der Waals surface area contributed by atoms with Crippen LogP contribution in [0, 0.1) is 0 Å². The number of nitrogens with zero attached hydrogens (tertiary/aromatic N) is 1. The van der Waals surface area contributed by atoms with Crippen molar-refractivity contribution in [2.24, 2.45) is 0 Å². The van der Waals surface area contributed by atoms with E-state index >= 15 is 0 Å². The topological polar surface area (TPSA) is 59.4 Å². The van der Waals surface area contributed by atoms with Gasteiger partial charge in [0.15, 0.2) is 0 Å². The van der Waals surface area contributed by atoms with Crippen LogP contribution in [0.1, 0.15) is 18.2 Å². The summed E-state index contributed by atoms with van der Waals surface area (Å²) in [6.45, 7) is 2.42. The molecule has 2 rings (SSSR count). The highest BCUT2D eigenvalue weighted by atomic mass is 16.5. The summed E-state index contributed by atoms with van der Waals surface area (Å²) < 4.78 is 5.39. The molecule has 0 saturated carbocycles. The van der Waals surface area contributed by atoms with E-state index in [0.717, 1.165) is 0 Å². The van der Waals surface area contributed by atoms with Gasteiger partial charge in [0.2, 0.25) is 0 Å². The van der Waals surface area contributed by atoms with Crippen molar-refractivity contribution >= 4 is 17.6 Å². The molecule has 0 aliphatic heterocycles. The van der Waals surface area contributed by atoms with Crippen LogP contribution in [0.3, 0.4) is 0 Å². The normalized spacial score (nSPS) is 11.2. The Morgan fingerprint density at radius 1 is 1.30 bits per heavy atom. The van der Waals surface area contributed by atoms with Crippen LogP contribution in [0.4, 0.5) is 0 Å². The van der Waals surface area contributed by atoms with Gasteiger partial charge in [0.25, 0.3) is 0 Å². The monoisotopic (exact) mass is 269 g/mol. The smallest absolute Gasteiger partial charge is 0.336 e. The van der Waals surface area contributed by atoms with Crippen molar-refractivity contribution in [3.8, 4) is 5.75 Å². The van der Waals surface area contributed by atoms with Gasteiger partial charge in [-0.15, -0.1) is 0 Å². The third-order valence-corrected chi connectivity index (χ3v) is 2.67. The van der Waals surface area contributed by atoms with Gasteiger partial charge in [-0.2, -0.15) is 0 Å². The van der Waals surface area contributed by atoms with Gasteiger partial charge in [-0.1, -0.05) is 18.2 Å². The Hall–Kier alpha value is -2.62. The Morgan fingerprint density at radius 3 is 2.80 bits per heavy atom. The van der Waals surface area contributed by atoms with E-state index < -0.39 is 5.97 Å². The molecular formula is C16H15NO3. The number of pyridine rings is 1. The summed E-state index contributed by atoms with van der Waals surface area (Å²) in [6.07, 6.45) is 3.18. The first-order chi connectivity index (χ1) is 9.70. The molecule has 0 saturated heterocycles. The van der Waals surface area contributed by atoms with Crippen molar-refractivity contribution in [1.82, 2.24) is 4.98 Å². The second-order valence-electron chi connectivity index (χ2n) is 4.08. The number of aliphatic carboxylic acids is 1. The molecule has 1 N–H and O–H groups in total. The fourth-order valence-corrected chi connectivity index (χ4v) is 1.80. The van der Waals surface area contributed by atoms with Gasteiger partial charge in [-0.05, 0) is 42.8 Å². The third-order valence-electron chi connectivity index (χ3n) is 2.67. The second kappa shape index (κ2) is 6.52. The van der Waals surface area contributed by atoms with E-state index in [2.05, 4.69) is 4.98 Å². The fraction of sp³-hybridized carbons (Fsp3) is 0.125. The van der Waals surface area contributed by atoms with E-state index in [1.54, 1.807) is 48.7 Å². The molecule has 1 aromatic heterocycles. The van der Waals surface area contributed by atoms with Gasteiger partial charge < -0.3 is 9.84 Å². The summed E-state index contributed by atoms with van der Waals surface area (Å²) in [5, 5.41) is 9.37. The lowest BCUT2D eigenvalue weighted by Gasteiger charge is -2.07. The minimum absolute atomic E-state index is 0.185. The Balaban J connectivity index is 2.41. The Bertz CT molecular complexity index is 621. The minimum atomic E-state index is -0.996. The molecule has 102 valence electrons. The van der Waals surface area contributed by atoms with Crippen LogP contribution in [0.15, 0.2) is 48.7 Å². The maximum Gasteiger partial charge on any atom is 0.336 e. The van der Waals surface area contributed by atoms with Gasteiger partial charge in [-0.3, -0.25) is 4.98 Å². The average molecular weight is 269 g/mol. The maximum absolute atomic E-state index is 11.4. The van der Waals surface area contributed by atoms with Gasteiger partial charge in [0.1, 0.15) is 5.75 Å². The number of ether oxygens (including phenoxy) is 1. The van der Waals surface area contributed by atoms with E-state index in [-0.39, 0.29) is 5.57 Å². The SMILES string of the molecule is CCOc1cccc(/C(=C/c2ccccn2)C(=O)O)c1. The lowest BCUT2D eigenvalue weighted by molar-refractivity contribution is -0.130. The van der Waals surface area contributed by atoms with Crippen molar-refractivity contribution in [3.05, 3.63) is 59.9 Å². The summed E-state index contributed by atoms with van der Waals surface area (Å²) in [4.78, 5) is 15.6. The van der Waals surface area contributed by atoms with E-state index in [1.165, 1.54) is 0 Å². The summed E-state index contributed by atoms with van der Waals surface area (Å²) in [7, 11) is 0. The zero-order valence-corrected chi connectivity index (χ0v) is 11.1. The maximum atomic E-state index is 11.4. The lowest BCUT2D eigenvalue weighted by Crippen LogP contribution is -2.01. The highest BCUT2D eigenvalue weighted by Gasteiger charge is 2.11. The fourth-order valence-electron chi connectivity index (χ4n) is 1.80. The molecule has 0 atom stereocenters. The van der Waals surface area contributed by atoms with Gasteiger partial charge in [0.05, 0.1) is 17.9 Å². The zero-order chi connectivity index (χ0) is 14.4. The molecule has 0 fully saturated rings. The van der Waals surface area contributed by atoms with Crippen LogP contribution in [0.5, 0.6) is 5.75 Å². The Morgan fingerprint density at radius 2 is 2.15 bits per heavy atom. The predicted octanol–water partition coefficient (Wildman–Crippen LogP) is 3.11. The number of hydrogen-bond acceptors (Lipinski definition) is 3. The zero-order valence-electron chi connectivity index (χ0n) is 11.1. The number of benzene rings is 1. The standard InChI is InChI=1S/C16H15NO3/c1-2-20-14-8-5-6-12(10-14)15(16(18)19)11-13-7-3-4-9-17-13/h3-11H,2H2,1H3,(H,18,19)/b15-11-. The van der Waals surface area contributed by atoms with Gasteiger partial charge in [0, 0.05) is 6.20 Å². The largest absolute Gasteiger partial charge is 0.494 e. The van der Waals surface area contributed by atoms with Gasteiger partial charge in [-0.25, -0.2) is 4.79 Å². The first-order valence-corrected chi connectivity index (χ1v) is 6.30. The van der Waals surface area contributed by atoms with E-state index in [1.807, 2.05) is 13.0 Å². The first kappa shape index (κ1) is 13.8. The molecule has 0 bridgehead atoms. The molecule has 0 radical (unpaired) electrons. The summed E-state index contributed by atoms with van der Waals surface area (Å²) in [5.41, 5.74) is 1.38. The van der Waals surface area contributed by atoms with Crippen LogP contribution in [-0.4, -0.2) is 22.7 Å². The summed E-state index contributed by atoms with van der Waals surface area (Å²) in [6, 6.07) is 12.4. The van der Waals surface area contributed by atoms with E-state index in [0.29, 0.717) is 23.6 Å². The summed E-state index contributed by atoms with van der Waals surface area (Å²) in [5.74, 6) is -0.345. The average Bonchev–Trinajstić information content (AvgIpc) is 2.46. The van der Waals surface area contributed by atoms with Crippen molar-refractivity contribution in [2.45, 2.75) is 6.92 Å². The second-order valence-corrected chi connectivity index (χ2v) is 4.08. The number of hydrogen-bond donors (Lipinski definition) is 1. The molecule has 4 heteroatoms. The molecule has 0 aliphatic carbocycles. The number of carbonyl (C=O) groups is 1. The number of aromatic nitrogens is 1. The Kier molecular flexibility index (Phi) is 4.50. The van der Waals surface area contributed by atoms with Crippen LogP contribution in [0.25, 0.3) is 11.6 Å². The molecule has 0 aliphatic rings. The number of carboxylic acids is 1. The Labute approximate surface area is 117 Å². The van der Waals surface area contributed by atoms with Crippen LogP contribution < -0.4 is 4.74 Å². The van der Waals surface area contributed by atoms with Crippen LogP contribution in [0.2, 0.25) is 0 Å². The first-order valence-electron chi connectivity index (χ1n) is 6.30. The van der Waals surface area contributed by atoms with Crippen molar-refractivity contribution in [1.29, 1.82) is 0 Å². The van der Waals surface area contributed by atoms with Crippen molar-refractivity contribution in [2.75, 3.05) is 6.61 Å². The molecule has 0 unspecified atom stereocenters. The molecule has 0 spiro atoms. The van der Waals surface area contributed by atoms with Crippen molar-refractivity contribution < 1.29 is 14.6 Å². The number of carboxylic acid groups (broad SMARTS) is 1. The summed E-state index contributed by atoms with van der Waals surface area (Å²) >= 11 is 0. The predicted molar refractivity (Wildman–Crippen MR) is 77.4 cm³/mol. The van der Waals surface area contributed by atoms with E-state index in [4.69, 9.17) is 4.74 Å². The molecule has 0 amide bonds. The van der Waals surface area contributed by atoms with Gasteiger partial charge >= 0.3 is 5.97 Å². The highest BCUT2D eigenvalue weighted by molar-refractivity contribution is 6.20. The molecule has 1 heterocycles. The third kappa shape index (κ3) is 3.45. The minimum Gasteiger partial charge on any atom is -0.494 e.